The van der Waals surface area contributed by atoms with Gasteiger partial charge in [0.15, 0.2) is 5.76 Å². The normalized spacial score (nSPS) is 10.1. The quantitative estimate of drug-likeness (QED) is 0.855. The Hall–Kier alpha value is -2.17. The van der Waals surface area contributed by atoms with E-state index < -0.39 is 0 Å². The van der Waals surface area contributed by atoms with Gasteiger partial charge in [0, 0.05) is 6.07 Å². The summed E-state index contributed by atoms with van der Waals surface area (Å²) >= 11 is 0. The fourth-order valence-electron chi connectivity index (χ4n) is 1.41. The summed E-state index contributed by atoms with van der Waals surface area (Å²) in [7, 11) is 3.18. The van der Waals surface area contributed by atoms with Crippen LogP contribution in [0.1, 0.15) is 0 Å². The first kappa shape index (κ1) is 10.4. The molecular weight excluding hydrogens is 208 g/mol. The van der Waals surface area contributed by atoms with Gasteiger partial charge in [0.2, 0.25) is 0 Å². The van der Waals surface area contributed by atoms with E-state index in [4.69, 9.17) is 19.6 Å². The number of ether oxygens (including phenoxy) is 2. The van der Waals surface area contributed by atoms with Crippen LogP contribution in [0.4, 0.5) is 6.01 Å². The number of hydrogen-bond acceptors (Lipinski definition) is 5. The third-order valence-electron chi connectivity index (χ3n) is 2.20. The van der Waals surface area contributed by atoms with Gasteiger partial charge in [-0.3, -0.25) is 0 Å². The van der Waals surface area contributed by atoms with Crippen molar-refractivity contribution in [2.24, 2.45) is 0 Å². The van der Waals surface area contributed by atoms with Gasteiger partial charge in [-0.25, -0.2) is 4.98 Å². The Labute approximate surface area is 92.8 Å². The third-order valence-corrected chi connectivity index (χ3v) is 2.20. The highest BCUT2D eigenvalue weighted by Gasteiger charge is 2.11. The van der Waals surface area contributed by atoms with Gasteiger partial charge >= 0.3 is 0 Å². The molecule has 0 atom stereocenters. The van der Waals surface area contributed by atoms with Crippen molar-refractivity contribution in [2.75, 3.05) is 20.0 Å². The van der Waals surface area contributed by atoms with Crippen LogP contribution >= 0.6 is 0 Å². The number of aromatic nitrogens is 1. The fraction of sp³-hybridized carbons (Fsp3) is 0.182. The summed E-state index contributed by atoms with van der Waals surface area (Å²) in [5, 5.41) is 0. The minimum absolute atomic E-state index is 0.132. The van der Waals surface area contributed by atoms with Crippen molar-refractivity contribution < 1.29 is 13.9 Å². The highest BCUT2D eigenvalue weighted by Crippen LogP contribution is 2.33. The third kappa shape index (κ3) is 1.79. The van der Waals surface area contributed by atoms with Crippen LogP contribution in [0.3, 0.4) is 0 Å². The number of nitrogens with zero attached hydrogens (tertiary/aromatic N) is 1. The van der Waals surface area contributed by atoms with E-state index in [0.29, 0.717) is 17.3 Å². The summed E-state index contributed by atoms with van der Waals surface area (Å²) < 4.78 is 15.6. The van der Waals surface area contributed by atoms with Crippen LogP contribution in [-0.4, -0.2) is 19.2 Å². The monoisotopic (exact) mass is 220 g/mol. The molecule has 0 aliphatic heterocycles. The van der Waals surface area contributed by atoms with E-state index >= 15 is 0 Å². The second-order valence-electron chi connectivity index (χ2n) is 3.13. The van der Waals surface area contributed by atoms with E-state index in [1.165, 1.54) is 0 Å². The molecule has 0 fully saturated rings. The van der Waals surface area contributed by atoms with Crippen LogP contribution in [0.2, 0.25) is 0 Å². The first-order valence-electron chi connectivity index (χ1n) is 4.68. The standard InChI is InChI=1S/C11H12N2O3/c1-14-7-3-4-8(9(5-7)15-2)10-6-13-11(12)16-10/h3-6H,1-2H3,(H2,12,13). The molecule has 2 aromatic rings. The highest BCUT2D eigenvalue weighted by atomic mass is 16.5. The van der Waals surface area contributed by atoms with Crippen molar-refractivity contribution in [3.8, 4) is 22.8 Å². The summed E-state index contributed by atoms with van der Waals surface area (Å²) in [6.07, 6.45) is 1.56. The molecule has 5 heteroatoms. The van der Waals surface area contributed by atoms with E-state index in [1.54, 1.807) is 26.5 Å². The second kappa shape index (κ2) is 4.14. The number of hydrogen-bond donors (Lipinski definition) is 1. The summed E-state index contributed by atoms with van der Waals surface area (Å²) in [4.78, 5) is 3.84. The fourth-order valence-corrected chi connectivity index (χ4v) is 1.41. The molecule has 1 aromatic carbocycles. The molecule has 0 radical (unpaired) electrons. The number of nitrogens with two attached hydrogens (primary N) is 1. The van der Waals surface area contributed by atoms with Crippen molar-refractivity contribution in [3.05, 3.63) is 24.4 Å². The first-order valence-corrected chi connectivity index (χ1v) is 4.68. The van der Waals surface area contributed by atoms with Crippen molar-refractivity contribution in [1.29, 1.82) is 0 Å². The molecule has 0 amide bonds. The van der Waals surface area contributed by atoms with Crippen molar-refractivity contribution >= 4 is 6.01 Å². The zero-order chi connectivity index (χ0) is 11.5. The molecule has 0 bridgehead atoms. The Morgan fingerprint density at radius 2 is 2.06 bits per heavy atom. The molecule has 0 saturated carbocycles. The molecule has 5 nitrogen and oxygen atoms in total. The average molecular weight is 220 g/mol. The number of oxazole rings is 1. The number of benzene rings is 1. The molecule has 0 spiro atoms. The largest absolute Gasteiger partial charge is 0.497 e. The van der Waals surface area contributed by atoms with E-state index in [2.05, 4.69) is 4.98 Å². The Kier molecular flexibility index (Phi) is 2.68. The minimum atomic E-state index is 0.132. The van der Waals surface area contributed by atoms with Gasteiger partial charge in [-0.1, -0.05) is 0 Å². The Bertz CT molecular complexity index is 494. The zero-order valence-electron chi connectivity index (χ0n) is 9.06. The second-order valence-corrected chi connectivity index (χ2v) is 3.13. The predicted octanol–water partition coefficient (Wildman–Crippen LogP) is 1.94. The smallest absolute Gasteiger partial charge is 0.292 e. The molecule has 84 valence electrons. The van der Waals surface area contributed by atoms with Crippen LogP contribution in [0.5, 0.6) is 11.5 Å². The van der Waals surface area contributed by atoms with Crippen LogP contribution in [0.15, 0.2) is 28.8 Å². The molecule has 16 heavy (non-hydrogen) atoms. The van der Waals surface area contributed by atoms with Crippen molar-refractivity contribution in [3.63, 3.8) is 0 Å². The van der Waals surface area contributed by atoms with E-state index in [9.17, 15) is 0 Å². The lowest BCUT2D eigenvalue weighted by Crippen LogP contribution is -1.89. The van der Waals surface area contributed by atoms with Crippen LogP contribution in [0.25, 0.3) is 11.3 Å². The van der Waals surface area contributed by atoms with Crippen LogP contribution in [-0.2, 0) is 0 Å². The lowest BCUT2D eigenvalue weighted by Gasteiger charge is -2.07. The average Bonchev–Trinajstić information content (AvgIpc) is 2.74. The Balaban J connectivity index is 2.48. The lowest BCUT2D eigenvalue weighted by molar-refractivity contribution is 0.394. The van der Waals surface area contributed by atoms with Gasteiger partial charge in [0.1, 0.15) is 11.5 Å². The number of rotatable bonds is 3. The maximum Gasteiger partial charge on any atom is 0.292 e. The minimum Gasteiger partial charge on any atom is -0.497 e. The molecule has 1 aromatic heterocycles. The molecule has 2 rings (SSSR count). The van der Waals surface area contributed by atoms with Gasteiger partial charge < -0.3 is 19.6 Å². The summed E-state index contributed by atoms with van der Waals surface area (Å²) in [5.41, 5.74) is 6.20. The summed E-state index contributed by atoms with van der Waals surface area (Å²) in [6.45, 7) is 0. The van der Waals surface area contributed by atoms with Gasteiger partial charge in [-0.15, -0.1) is 0 Å². The van der Waals surface area contributed by atoms with Gasteiger partial charge in [-0.2, -0.15) is 0 Å². The van der Waals surface area contributed by atoms with Crippen LogP contribution in [0, 0.1) is 0 Å². The number of nitrogen functional groups attached to an aromatic ring is 1. The van der Waals surface area contributed by atoms with Crippen molar-refractivity contribution in [1.82, 2.24) is 4.98 Å². The molecule has 0 aliphatic carbocycles. The van der Waals surface area contributed by atoms with E-state index in [-0.39, 0.29) is 6.01 Å². The highest BCUT2D eigenvalue weighted by molar-refractivity contribution is 5.67. The van der Waals surface area contributed by atoms with Gasteiger partial charge in [0.25, 0.3) is 6.01 Å². The Morgan fingerprint density at radius 3 is 2.62 bits per heavy atom. The zero-order valence-corrected chi connectivity index (χ0v) is 9.06. The van der Waals surface area contributed by atoms with E-state index in [0.717, 1.165) is 5.56 Å². The van der Waals surface area contributed by atoms with Gasteiger partial charge in [0.05, 0.1) is 26.0 Å². The van der Waals surface area contributed by atoms with E-state index in [1.807, 2.05) is 12.1 Å². The van der Waals surface area contributed by atoms with Gasteiger partial charge in [-0.05, 0) is 12.1 Å². The van der Waals surface area contributed by atoms with Crippen LogP contribution < -0.4 is 15.2 Å². The maximum atomic E-state index is 5.42. The predicted molar refractivity (Wildman–Crippen MR) is 59.5 cm³/mol. The summed E-state index contributed by atoms with van der Waals surface area (Å²) in [5.74, 6) is 1.93. The first-order chi connectivity index (χ1) is 7.74. The molecular formula is C11H12N2O3. The SMILES string of the molecule is COc1ccc(-c2cnc(N)o2)c(OC)c1. The topological polar surface area (TPSA) is 70.5 Å². The molecule has 1 heterocycles. The lowest BCUT2D eigenvalue weighted by atomic mass is 10.1. The van der Waals surface area contributed by atoms with Crippen molar-refractivity contribution in [2.45, 2.75) is 0 Å². The molecule has 0 unspecified atom stereocenters. The molecule has 0 aliphatic rings. The molecule has 2 N–H and O–H groups in total. The number of methoxy groups -OCH3 is 2. The summed E-state index contributed by atoms with van der Waals surface area (Å²) in [6, 6.07) is 5.55. The number of anilines is 1. The maximum absolute atomic E-state index is 5.42. The molecule has 0 saturated heterocycles. The Morgan fingerprint density at radius 1 is 1.25 bits per heavy atom.